The minimum Gasteiger partial charge on any atom is -0.465 e. The van der Waals surface area contributed by atoms with Crippen LogP contribution in [0, 0.1) is 0 Å². The Bertz CT molecular complexity index is 1180. The summed E-state index contributed by atoms with van der Waals surface area (Å²) in [5.74, 6) is 1.10. The first kappa shape index (κ1) is 25.4. The molecule has 0 radical (unpaired) electrons. The minimum atomic E-state index is -0.323. The van der Waals surface area contributed by atoms with Crippen molar-refractivity contribution in [2.24, 2.45) is 5.73 Å². The Labute approximate surface area is 217 Å². The van der Waals surface area contributed by atoms with E-state index >= 15 is 0 Å². The van der Waals surface area contributed by atoms with Crippen LogP contribution in [-0.2, 0) is 11.3 Å². The second-order valence-electron chi connectivity index (χ2n) is 10.2. The summed E-state index contributed by atoms with van der Waals surface area (Å²) in [7, 11) is 1.39. The largest absolute Gasteiger partial charge is 0.465 e. The van der Waals surface area contributed by atoms with Gasteiger partial charge in [0.15, 0.2) is 17.0 Å². The molecule has 5 N–H and O–H groups in total. The van der Waals surface area contributed by atoms with Gasteiger partial charge in [-0.3, -0.25) is 0 Å². The number of carbonyl (C=O) groups is 1. The Morgan fingerprint density at radius 1 is 1.05 bits per heavy atom. The molecule has 1 aromatic carbocycles. The number of nitrogens with zero attached hydrogens (tertiary/aromatic N) is 4. The molecule has 0 aliphatic heterocycles. The van der Waals surface area contributed by atoms with Gasteiger partial charge in [0.05, 0.1) is 19.0 Å². The lowest BCUT2D eigenvalue weighted by Gasteiger charge is -2.27. The van der Waals surface area contributed by atoms with E-state index in [0.29, 0.717) is 42.7 Å². The molecule has 2 aromatic heterocycles. The smallest absolute Gasteiger partial charge is 0.337 e. The third-order valence-corrected chi connectivity index (χ3v) is 7.54. The average Bonchev–Trinajstić information content (AvgIpc) is 3.60. The number of benzene rings is 1. The number of ether oxygens (including phenoxy) is 1. The van der Waals surface area contributed by atoms with Crippen molar-refractivity contribution in [3.63, 3.8) is 0 Å². The Kier molecular flexibility index (Phi) is 8.15. The molecule has 0 saturated heterocycles. The fourth-order valence-electron chi connectivity index (χ4n) is 5.38. The van der Waals surface area contributed by atoms with Gasteiger partial charge in [0, 0.05) is 37.8 Å². The first-order valence-electron chi connectivity index (χ1n) is 13.5. The van der Waals surface area contributed by atoms with Gasteiger partial charge >= 0.3 is 5.97 Å². The summed E-state index contributed by atoms with van der Waals surface area (Å²) >= 11 is 0. The lowest BCUT2D eigenvalue weighted by Crippen LogP contribution is -2.33. The second kappa shape index (κ2) is 11.9. The summed E-state index contributed by atoms with van der Waals surface area (Å²) in [5.41, 5.74) is 9.48. The maximum Gasteiger partial charge on any atom is 0.337 e. The number of nitrogens with one attached hydrogen (secondary N) is 3. The summed E-state index contributed by atoms with van der Waals surface area (Å²) < 4.78 is 7.00. The predicted molar refractivity (Wildman–Crippen MR) is 145 cm³/mol. The Hall–Kier alpha value is -3.24. The van der Waals surface area contributed by atoms with Crippen LogP contribution in [0.3, 0.4) is 0 Å². The fraction of sp³-hybridized carbons (Fsp3) is 0.556. The van der Waals surface area contributed by atoms with E-state index in [-0.39, 0.29) is 5.97 Å². The number of anilines is 2. The highest BCUT2D eigenvalue weighted by atomic mass is 16.5. The number of nitrogens with two attached hydrogens (primary N) is 1. The maximum atomic E-state index is 11.6. The number of imidazole rings is 1. The van der Waals surface area contributed by atoms with Gasteiger partial charge in [0.1, 0.15) is 0 Å². The van der Waals surface area contributed by atoms with Crippen LogP contribution in [0.5, 0.6) is 0 Å². The number of hydrogen-bond acceptors (Lipinski definition) is 9. The fourth-order valence-corrected chi connectivity index (χ4v) is 5.38. The number of carbonyl (C=O) groups excluding carboxylic acids is 1. The van der Waals surface area contributed by atoms with Gasteiger partial charge in [-0.15, -0.1) is 0 Å². The van der Waals surface area contributed by atoms with Crippen molar-refractivity contribution >= 4 is 28.9 Å². The zero-order valence-electron chi connectivity index (χ0n) is 21.6. The highest BCUT2D eigenvalue weighted by Gasteiger charge is 2.23. The van der Waals surface area contributed by atoms with E-state index in [0.717, 1.165) is 54.8 Å². The summed E-state index contributed by atoms with van der Waals surface area (Å²) in [6, 6.07) is 8.56. The summed E-state index contributed by atoms with van der Waals surface area (Å²) in [4.78, 5) is 26.1. The molecule has 0 amide bonds. The SMILES string of the molecule is COC(=O)c1ccc(CNCCNc2nc(NC3CCC(N)CC3)nc3c2ncn3C2CCCC2)cc1. The zero-order chi connectivity index (χ0) is 25.6. The number of fused-ring (bicyclic) bond motifs is 1. The molecule has 10 nitrogen and oxygen atoms in total. The van der Waals surface area contributed by atoms with Gasteiger partial charge in [0.25, 0.3) is 0 Å². The van der Waals surface area contributed by atoms with Crippen molar-refractivity contribution in [1.29, 1.82) is 0 Å². The summed E-state index contributed by atoms with van der Waals surface area (Å²) in [6.07, 6.45) is 10.9. The molecule has 198 valence electrons. The van der Waals surface area contributed by atoms with Crippen molar-refractivity contribution in [2.45, 2.75) is 76.0 Å². The molecule has 10 heteroatoms. The van der Waals surface area contributed by atoms with Crippen LogP contribution in [0.15, 0.2) is 30.6 Å². The van der Waals surface area contributed by atoms with Crippen molar-refractivity contribution in [3.8, 4) is 0 Å². The number of hydrogen-bond donors (Lipinski definition) is 4. The molecule has 0 spiro atoms. The highest BCUT2D eigenvalue weighted by molar-refractivity contribution is 5.89. The van der Waals surface area contributed by atoms with E-state index in [4.69, 9.17) is 25.4 Å². The summed E-state index contributed by atoms with van der Waals surface area (Å²) in [6.45, 7) is 2.15. The van der Waals surface area contributed by atoms with E-state index in [1.54, 1.807) is 12.1 Å². The molecule has 2 heterocycles. The molecule has 5 rings (SSSR count). The number of esters is 1. The highest BCUT2D eigenvalue weighted by Crippen LogP contribution is 2.33. The maximum absolute atomic E-state index is 11.6. The molecule has 3 aromatic rings. The summed E-state index contributed by atoms with van der Waals surface area (Å²) in [5, 5.41) is 10.5. The second-order valence-corrected chi connectivity index (χ2v) is 10.2. The molecular formula is C27H38N8O2. The van der Waals surface area contributed by atoms with Gasteiger partial charge in [-0.2, -0.15) is 9.97 Å². The average molecular weight is 507 g/mol. The van der Waals surface area contributed by atoms with Crippen LogP contribution in [-0.4, -0.2) is 57.8 Å². The van der Waals surface area contributed by atoms with E-state index in [1.807, 2.05) is 18.5 Å². The number of aromatic nitrogens is 4. The van der Waals surface area contributed by atoms with Crippen LogP contribution >= 0.6 is 0 Å². The zero-order valence-corrected chi connectivity index (χ0v) is 21.6. The van der Waals surface area contributed by atoms with Crippen molar-refractivity contribution in [2.75, 3.05) is 30.8 Å². The van der Waals surface area contributed by atoms with Crippen molar-refractivity contribution in [3.05, 3.63) is 41.7 Å². The molecule has 0 unspecified atom stereocenters. The van der Waals surface area contributed by atoms with Crippen LogP contribution < -0.4 is 21.7 Å². The quantitative estimate of drug-likeness (QED) is 0.240. The normalized spacial score (nSPS) is 20.3. The monoisotopic (exact) mass is 506 g/mol. The topological polar surface area (TPSA) is 132 Å². The van der Waals surface area contributed by atoms with Gasteiger partial charge in [0.2, 0.25) is 5.95 Å². The van der Waals surface area contributed by atoms with Crippen LogP contribution in [0.2, 0.25) is 0 Å². The lowest BCUT2D eigenvalue weighted by molar-refractivity contribution is 0.0600. The van der Waals surface area contributed by atoms with Crippen molar-refractivity contribution in [1.82, 2.24) is 24.8 Å². The van der Waals surface area contributed by atoms with Crippen LogP contribution in [0.1, 0.15) is 73.3 Å². The Morgan fingerprint density at radius 3 is 2.54 bits per heavy atom. The van der Waals surface area contributed by atoms with E-state index in [1.165, 1.54) is 32.8 Å². The van der Waals surface area contributed by atoms with Crippen LogP contribution in [0.25, 0.3) is 11.2 Å². The molecule has 2 saturated carbocycles. The predicted octanol–water partition coefficient (Wildman–Crippen LogP) is 3.61. The van der Waals surface area contributed by atoms with Crippen LogP contribution in [0.4, 0.5) is 11.8 Å². The first-order chi connectivity index (χ1) is 18.1. The number of methoxy groups -OCH3 is 1. The van der Waals surface area contributed by atoms with Gasteiger partial charge < -0.3 is 31.0 Å². The standard InChI is InChI=1S/C27H38N8O2/c1-37-26(36)19-8-6-18(7-9-19)16-29-14-15-30-24-23-25(35(17-31-23)22-4-2-3-5-22)34-27(33-24)32-21-12-10-20(28)11-13-21/h6-9,17,20-22,29H,2-5,10-16,28H2,1H3,(H2,30,32,33,34). The van der Waals surface area contributed by atoms with Gasteiger partial charge in [-0.05, 0) is 56.2 Å². The first-order valence-corrected chi connectivity index (χ1v) is 13.5. The Morgan fingerprint density at radius 2 is 1.81 bits per heavy atom. The molecule has 2 fully saturated rings. The molecule has 0 atom stereocenters. The molecule has 2 aliphatic rings. The van der Waals surface area contributed by atoms with E-state index < -0.39 is 0 Å². The Balaban J connectivity index is 1.23. The number of rotatable bonds is 10. The molecule has 0 bridgehead atoms. The van der Waals surface area contributed by atoms with E-state index in [9.17, 15) is 4.79 Å². The molecular weight excluding hydrogens is 468 g/mol. The third-order valence-electron chi connectivity index (χ3n) is 7.54. The minimum absolute atomic E-state index is 0.306. The lowest BCUT2D eigenvalue weighted by atomic mass is 9.92. The van der Waals surface area contributed by atoms with Gasteiger partial charge in [-0.1, -0.05) is 25.0 Å². The molecule has 37 heavy (non-hydrogen) atoms. The van der Waals surface area contributed by atoms with Gasteiger partial charge in [-0.25, -0.2) is 9.78 Å². The van der Waals surface area contributed by atoms with E-state index in [2.05, 4.69) is 20.5 Å². The molecule has 2 aliphatic carbocycles. The third kappa shape index (κ3) is 6.19. The van der Waals surface area contributed by atoms with Crippen molar-refractivity contribution < 1.29 is 9.53 Å².